The Morgan fingerprint density at radius 1 is 1.32 bits per heavy atom. The summed E-state index contributed by atoms with van der Waals surface area (Å²) in [5.41, 5.74) is 0.622. The first-order chi connectivity index (χ1) is 9.70. The third kappa shape index (κ3) is 5.99. The first-order valence-electron chi connectivity index (χ1n) is 7.43. The molecule has 1 aliphatic heterocycles. The number of carbonyl (C=O) groups excluding carboxylic acids is 1. The number of pyridine rings is 1. The predicted octanol–water partition coefficient (Wildman–Crippen LogP) is 2.25. The van der Waals surface area contributed by atoms with Gasteiger partial charge < -0.3 is 15.5 Å². The van der Waals surface area contributed by atoms with E-state index in [1.165, 1.54) is 12.8 Å². The van der Waals surface area contributed by atoms with E-state index in [0.29, 0.717) is 12.1 Å². The number of aromatic nitrogens is 1. The van der Waals surface area contributed by atoms with Crippen LogP contribution in [0.15, 0.2) is 18.3 Å². The van der Waals surface area contributed by atoms with Gasteiger partial charge in [-0.15, -0.1) is 24.8 Å². The van der Waals surface area contributed by atoms with Gasteiger partial charge in [-0.05, 0) is 38.4 Å². The molecule has 1 amide bonds. The van der Waals surface area contributed by atoms with E-state index in [1.807, 2.05) is 12.1 Å². The van der Waals surface area contributed by atoms with Crippen LogP contribution in [0, 0.1) is 0 Å². The van der Waals surface area contributed by atoms with Crippen molar-refractivity contribution in [3.8, 4) is 0 Å². The Morgan fingerprint density at radius 2 is 2.00 bits per heavy atom. The second-order valence-corrected chi connectivity index (χ2v) is 5.27. The molecule has 0 bridgehead atoms. The van der Waals surface area contributed by atoms with E-state index in [0.717, 1.165) is 25.5 Å². The molecule has 0 saturated carbocycles. The molecular formula is C15H26Cl2N4O. The van der Waals surface area contributed by atoms with Crippen molar-refractivity contribution >= 4 is 36.5 Å². The van der Waals surface area contributed by atoms with E-state index >= 15 is 0 Å². The Bertz CT molecular complexity index is 436. The summed E-state index contributed by atoms with van der Waals surface area (Å²) >= 11 is 0. The highest BCUT2D eigenvalue weighted by Crippen LogP contribution is 2.17. The molecule has 2 heterocycles. The van der Waals surface area contributed by atoms with Gasteiger partial charge in [0.1, 0.15) is 5.82 Å². The number of nitrogens with zero attached hydrogens (tertiary/aromatic N) is 2. The van der Waals surface area contributed by atoms with E-state index in [9.17, 15) is 4.79 Å². The van der Waals surface area contributed by atoms with E-state index in [4.69, 9.17) is 0 Å². The predicted molar refractivity (Wildman–Crippen MR) is 95.7 cm³/mol. The summed E-state index contributed by atoms with van der Waals surface area (Å²) in [4.78, 5) is 18.6. The van der Waals surface area contributed by atoms with Crippen molar-refractivity contribution in [1.82, 2.24) is 15.6 Å². The van der Waals surface area contributed by atoms with Gasteiger partial charge in [0, 0.05) is 31.9 Å². The lowest BCUT2D eigenvalue weighted by molar-refractivity contribution is 0.0950. The maximum Gasteiger partial charge on any atom is 0.252 e. The van der Waals surface area contributed by atoms with Crippen molar-refractivity contribution in [3.63, 3.8) is 0 Å². The van der Waals surface area contributed by atoms with Crippen LogP contribution in [0.3, 0.4) is 0 Å². The van der Waals surface area contributed by atoms with Crippen LogP contribution >= 0.6 is 24.8 Å². The van der Waals surface area contributed by atoms with Crippen molar-refractivity contribution < 1.29 is 4.79 Å². The van der Waals surface area contributed by atoms with Gasteiger partial charge in [0.25, 0.3) is 5.91 Å². The fourth-order valence-electron chi connectivity index (χ4n) is 2.42. The quantitative estimate of drug-likeness (QED) is 0.827. The highest BCUT2D eigenvalue weighted by atomic mass is 35.5. The van der Waals surface area contributed by atoms with Crippen LogP contribution in [-0.2, 0) is 0 Å². The summed E-state index contributed by atoms with van der Waals surface area (Å²) in [6, 6.07) is 4.07. The molecule has 1 fully saturated rings. The summed E-state index contributed by atoms with van der Waals surface area (Å²) in [6.45, 7) is 7.78. The molecule has 1 atom stereocenters. The fourth-order valence-corrected chi connectivity index (χ4v) is 2.42. The van der Waals surface area contributed by atoms with Crippen molar-refractivity contribution in [2.75, 3.05) is 31.1 Å². The Hall–Kier alpha value is -1.04. The van der Waals surface area contributed by atoms with Gasteiger partial charge in [-0.2, -0.15) is 0 Å². The highest BCUT2D eigenvalue weighted by molar-refractivity contribution is 5.94. The van der Waals surface area contributed by atoms with Crippen LogP contribution in [0.5, 0.6) is 0 Å². The minimum atomic E-state index is -0.0600. The van der Waals surface area contributed by atoms with E-state index < -0.39 is 0 Å². The second kappa shape index (κ2) is 10.6. The second-order valence-electron chi connectivity index (χ2n) is 5.27. The molecular weight excluding hydrogens is 323 g/mol. The molecule has 7 heteroatoms. The molecule has 1 aromatic heterocycles. The van der Waals surface area contributed by atoms with Crippen LogP contribution < -0.4 is 15.5 Å². The maximum atomic E-state index is 12.0. The van der Waals surface area contributed by atoms with Gasteiger partial charge in [0.15, 0.2) is 0 Å². The highest BCUT2D eigenvalue weighted by Gasteiger charge is 2.14. The summed E-state index contributed by atoms with van der Waals surface area (Å²) < 4.78 is 0. The lowest BCUT2D eigenvalue weighted by Gasteiger charge is -2.16. The fraction of sp³-hybridized carbons (Fsp3) is 0.600. The molecule has 1 aromatic rings. The topological polar surface area (TPSA) is 57.3 Å². The standard InChI is InChI=1S/C15H24N4O.2ClH/c1-3-16-12(2)10-18-15(20)13-6-7-14(17-11-13)19-8-4-5-9-19;;/h6-7,11-12,16H,3-5,8-10H2,1-2H3,(H,18,20);2*1H/t12-;;/m1../s1. The number of halogens is 2. The van der Waals surface area contributed by atoms with Crippen LogP contribution in [0.1, 0.15) is 37.0 Å². The summed E-state index contributed by atoms with van der Waals surface area (Å²) in [6.07, 6.45) is 4.12. The van der Waals surface area contributed by atoms with Crippen LogP contribution in [0.25, 0.3) is 0 Å². The summed E-state index contributed by atoms with van der Waals surface area (Å²) in [7, 11) is 0. The smallest absolute Gasteiger partial charge is 0.252 e. The zero-order chi connectivity index (χ0) is 14.4. The zero-order valence-electron chi connectivity index (χ0n) is 13.2. The number of hydrogen-bond acceptors (Lipinski definition) is 4. The zero-order valence-corrected chi connectivity index (χ0v) is 14.8. The molecule has 0 aromatic carbocycles. The minimum Gasteiger partial charge on any atom is -0.357 e. The van der Waals surface area contributed by atoms with Crippen molar-refractivity contribution in [1.29, 1.82) is 0 Å². The molecule has 0 radical (unpaired) electrons. The van der Waals surface area contributed by atoms with Gasteiger partial charge in [-0.3, -0.25) is 4.79 Å². The molecule has 0 aliphatic carbocycles. The number of amides is 1. The molecule has 126 valence electrons. The number of rotatable bonds is 6. The molecule has 2 rings (SSSR count). The molecule has 1 aliphatic rings. The number of anilines is 1. The van der Waals surface area contributed by atoms with Crippen molar-refractivity contribution in [2.45, 2.75) is 32.7 Å². The molecule has 2 N–H and O–H groups in total. The third-order valence-electron chi connectivity index (χ3n) is 3.56. The van der Waals surface area contributed by atoms with Crippen LogP contribution in [0.2, 0.25) is 0 Å². The lowest BCUT2D eigenvalue weighted by Crippen LogP contribution is -2.38. The maximum absolute atomic E-state index is 12.0. The number of hydrogen-bond donors (Lipinski definition) is 2. The van der Waals surface area contributed by atoms with Gasteiger partial charge in [-0.25, -0.2) is 4.98 Å². The molecule has 0 unspecified atom stereocenters. The SMILES string of the molecule is CCN[C@H](C)CNC(=O)c1ccc(N2CCCC2)nc1.Cl.Cl. The molecule has 1 saturated heterocycles. The molecule has 0 spiro atoms. The van der Waals surface area contributed by atoms with Gasteiger partial charge in [0.05, 0.1) is 5.56 Å². The average molecular weight is 349 g/mol. The molecule has 5 nitrogen and oxygen atoms in total. The monoisotopic (exact) mass is 348 g/mol. The Morgan fingerprint density at radius 3 is 2.55 bits per heavy atom. The van der Waals surface area contributed by atoms with Gasteiger partial charge >= 0.3 is 0 Å². The summed E-state index contributed by atoms with van der Waals surface area (Å²) in [5, 5.41) is 6.18. The van der Waals surface area contributed by atoms with Crippen molar-refractivity contribution in [3.05, 3.63) is 23.9 Å². The van der Waals surface area contributed by atoms with E-state index in [-0.39, 0.29) is 36.8 Å². The van der Waals surface area contributed by atoms with E-state index in [1.54, 1.807) is 6.20 Å². The van der Waals surface area contributed by atoms with Gasteiger partial charge in [0.2, 0.25) is 0 Å². The minimum absolute atomic E-state index is 0. The average Bonchev–Trinajstić information content (AvgIpc) is 2.99. The lowest BCUT2D eigenvalue weighted by atomic mass is 10.2. The first kappa shape index (κ1) is 21.0. The van der Waals surface area contributed by atoms with Crippen LogP contribution in [-0.4, -0.2) is 43.1 Å². The number of nitrogens with one attached hydrogen (secondary N) is 2. The third-order valence-corrected chi connectivity index (χ3v) is 3.56. The van der Waals surface area contributed by atoms with Crippen LogP contribution in [0.4, 0.5) is 5.82 Å². The van der Waals surface area contributed by atoms with Crippen molar-refractivity contribution in [2.24, 2.45) is 0 Å². The Labute approximate surface area is 145 Å². The normalized spacial score (nSPS) is 14.7. The molecule has 22 heavy (non-hydrogen) atoms. The number of carbonyl (C=O) groups is 1. The first-order valence-corrected chi connectivity index (χ1v) is 7.43. The Balaban J connectivity index is 0.00000220. The number of likely N-dealkylation sites (N-methyl/N-ethyl adjacent to an activating group) is 1. The van der Waals surface area contributed by atoms with E-state index in [2.05, 4.69) is 34.4 Å². The van der Waals surface area contributed by atoms with Gasteiger partial charge in [-0.1, -0.05) is 6.92 Å². The largest absolute Gasteiger partial charge is 0.357 e. The summed E-state index contributed by atoms with van der Waals surface area (Å²) in [5.74, 6) is 0.912. The Kier molecular flexibility index (Phi) is 10.1.